The van der Waals surface area contributed by atoms with Gasteiger partial charge in [-0.05, 0) is 27.9 Å². The summed E-state index contributed by atoms with van der Waals surface area (Å²) in [6.45, 7) is 1.36. The fraction of sp³-hybridized carbons (Fsp3) is 0.400. The molecule has 0 aliphatic rings. The molecule has 0 atom stereocenters. The smallest absolute Gasteiger partial charge is 0.434 e. The Balaban J connectivity index is 3.79. The minimum absolute atomic E-state index is 0.159. The number of carbonyl (C=O) groups is 1. The fourth-order valence-electron chi connectivity index (χ4n) is 1.54. The number of pyridine rings is 1. The third-order valence-corrected chi connectivity index (χ3v) is 3.19. The van der Waals surface area contributed by atoms with E-state index in [-0.39, 0.29) is 12.0 Å². The minimum Gasteiger partial charge on any atom is -0.478 e. The van der Waals surface area contributed by atoms with Crippen LogP contribution in [-0.2, 0) is 12.6 Å². The summed E-state index contributed by atoms with van der Waals surface area (Å²) in [6.07, 6.45) is -8.53. The van der Waals surface area contributed by atoms with Gasteiger partial charge in [-0.2, -0.15) is 13.2 Å². The first-order valence-corrected chi connectivity index (χ1v) is 5.71. The van der Waals surface area contributed by atoms with Crippen molar-refractivity contribution in [3.8, 4) is 0 Å². The first-order chi connectivity index (χ1) is 8.61. The molecule has 106 valence electrons. The molecular weight excluding hydrogens is 341 g/mol. The maximum atomic E-state index is 12.7. The summed E-state index contributed by atoms with van der Waals surface area (Å²) in [7, 11) is 0. The van der Waals surface area contributed by atoms with E-state index in [2.05, 4.69) is 20.9 Å². The van der Waals surface area contributed by atoms with Crippen molar-refractivity contribution in [1.29, 1.82) is 0 Å². The van der Waals surface area contributed by atoms with E-state index in [4.69, 9.17) is 5.11 Å². The second kappa shape index (κ2) is 5.40. The Morgan fingerprint density at radius 1 is 1.42 bits per heavy atom. The van der Waals surface area contributed by atoms with Crippen LogP contribution in [0.1, 0.15) is 40.7 Å². The van der Waals surface area contributed by atoms with E-state index in [1.807, 2.05) is 0 Å². The summed E-state index contributed by atoms with van der Waals surface area (Å²) in [5.74, 6) is -1.86. The maximum absolute atomic E-state index is 12.7. The van der Waals surface area contributed by atoms with Crippen LogP contribution in [-0.4, -0.2) is 16.1 Å². The van der Waals surface area contributed by atoms with Crippen LogP contribution in [0, 0.1) is 0 Å². The lowest BCUT2D eigenvalue weighted by Gasteiger charge is -2.16. The molecule has 1 heterocycles. The highest BCUT2D eigenvalue weighted by molar-refractivity contribution is 9.10. The number of carboxylic acid groups (broad SMARTS) is 1. The SMILES string of the molecule is CCc1c(Br)c(C(F)F)nc(C(F)(F)F)c1C(=O)O. The Morgan fingerprint density at radius 3 is 2.26 bits per heavy atom. The summed E-state index contributed by atoms with van der Waals surface area (Å²) < 4.78 is 63.0. The number of hydrogen-bond donors (Lipinski definition) is 1. The second-order valence-electron chi connectivity index (χ2n) is 3.47. The standard InChI is InChI=1S/C10H7BrF5NO2/c1-2-3-4(9(18)19)7(10(14,15)16)17-6(5(3)11)8(12)13/h8H,2H2,1H3,(H,18,19). The molecular formula is C10H7BrF5NO2. The Bertz CT molecular complexity index is 516. The summed E-state index contributed by atoms with van der Waals surface area (Å²) >= 11 is 2.69. The van der Waals surface area contributed by atoms with E-state index in [0.717, 1.165) is 0 Å². The van der Waals surface area contributed by atoms with Crippen molar-refractivity contribution in [2.45, 2.75) is 25.9 Å². The number of hydrogen-bond acceptors (Lipinski definition) is 2. The number of carboxylic acids is 1. The van der Waals surface area contributed by atoms with Gasteiger partial charge in [-0.15, -0.1) is 0 Å². The molecule has 0 unspecified atom stereocenters. The van der Waals surface area contributed by atoms with E-state index in [1.54, 1.807) is 0 Å². The third-order valence-electron chi connectivity index (χ3n) is 2.30. The lowest BCUT2D eigenvalue weighted by Crippen LogP contribution is -2.20. The number of alkyl halides is 5. The van der Waals surface area contributed by atoms with Gasteiger partial charge < -0.3 is 5.11 Å². The van der Waals surface area contributed by atoms with Crippen molar-refractivity contribution in [2.75, 3.05) is 0 Å². The summed E-state index contributed by atoms with van der Waals surface area (Å²) in [6, 6.07) is 0. The number of aromatic nitrogens is 1. The summed E-state index contributed by atoms with van der Waals surface area (Å²) in [5, 5.41) is 8.85. The van der Waals surface area contributed by atoms with Gasteiger partial charge >= 0.3 is 12.1 Å². The Labute approximate surface area is 112 Å². The van der Waals surface area contributed by atoms with Gasteiger partial charge in [0, 0.05) is 4.47 Å². The lowest BCUT2D eigenvalue weighted by atomic mass is 10.0. The highest BCUT2D eigenvalue weighted by atomic mass is 79.9. The average Bonchev–Trinajstić information content (AvgIpc) is 2.25. The van der Waals surface area contributed by atoms with Crippen molar-refractivity contribution in [1.82, 2.24) is 4.98 Å². The number of aromatic carboxylic acids is 1. The van der Waals surface area contributed by atoms with Crippen LogP contribution in [0.25, 0.3) is 0 Å². The van der Waals surface area contributed by atoms with Crippen molar-refractivity contribution in [3.63, 3.8) is 0 Å². The molecule has 19 heavy (non-hydrogen) atoms. The van der Waals surface area contributed by atoms with E-state index in [1.165, 1.54) is 6.92 Å². The molecule has 0 saturated carbocycles. The molecule has 9 heteroatoms. The first-order valence-electron chi connectivity index (χ1n) is 4.92. The van der Waals surface area contributed by atoms with Gasteiger partial charge in [0.2, 0.25) is 0 Å². The van der Waals surface area contributed by atoms with Crippen LogP contribution in [0.3, 0.4) is 0 Å². The van der Waals surface area contributed by atoms with E-state index < -0.39 is 40.0 Å². The Hall–Kier alpha value is -1.25. The zero-order chi connectivity index (χ0) is 15.0. The van der Waals surface area contributed by atoms with Gasteiger partial charge in [-0.25, -0.2) is 18.6 Å². The van der Waals surface area contributed by atoms with Crippen LogP contribution in [0.2, 0.25) is 0 Å². The van der Waals surface area contributed by atoms with Crippen molar-refractivity contribution < 1.29 is 31.9 Å². The average molecular weight is 348 g/mol. The van der Waals surface area contributed by atoms with Crippen LogP contribution in [0.15, 0.2) is 4.47 Å². The summed E-state index contributed by atoms with van der Waals surface area (Å²) in [5.41, 5.74) is -4.39. The maximum Gasteiger partial charge on any atom is 0.434 e. The first kappa shape index (κ1) is 15.8. The zero-order valence-corrected chi connectivity index (χ0v) is 10.9. The number of halogens is 6. The molecule has 1 N–H and O–H groups in total. The topological polar surface area (TPSA) is 50.2 Å². The molecule has 0 spiro atoms. The molecule has 0 saturated heterocycles. The van der Waals surface area contributed by atoms with Crippen LogP contribution >= 0.6 is 15.9 Å². The molecule has 1 aromatic rings. The second-order valence-corrected chi connectivity index (χ2v) is 4.26. The normalized spacial score (nSPS) is 12.0. The third kappa shape index (κ3) is 3.02. The van der Waals surface area contributed by atoms with E-state index in [9.17, 15) is 26.7 Å². The highest BCUT2D eigenvalue weighted by Crippen LogP contribution is 2.38. The largest absolute Gasteiger partial charge is 0.478 e. The van der Waals surface area contributed by atoms with Gasteiger partial charge in [-0.1, -0.05) is 6.92 Å². The quantitative estimate of drug-likeness (QED) is 0.839. The molecule has 0 radical (unpaired) electrons. The van der Waals surface area contributed by atoms with Gasteiger partial charge in [-0.3, -0.25) is 0 Å². The molecule has 0 bridgehead atoms. The minimum atomic E-state index is -5.12. The lowest BCUT2D eigenvalue weighted by molar-refractivity contribution is -0.142. The molecule has 0 fully saturated rings. The van der Waals surface area contributed by atoms with E-state index in [0.29, 0.717) is 0 Å². The predicted molar refractivity (Wildman–Crippen MR) is 58.2 cm³/mol. The predicted octanol–water partition coefficient (Wildman–Crippen LogP) is 4.06. The van der Waals surface area contributed by atoms with Crippen molar-refractivity contribution in [2.24, 2.45) is 0 Å². The van der Waals surface area contributed by atoms with Crippen molar-refractivity contribution >= 4 is 21.9 Å². The number of rotatable bonds is 3. The zero-order valence-electron chi connectivity index (χ0n) is 9.35. The van der Waals surface area contributed by atoms with Crippen LogP contribution in [0.4, 0.5) is 22.0 Å². The molecule has 0 amide bonds. The Morgan fingerprint density at radius 2 is 1.95 bits per heavy atom. The molecule has 3 nitrogen and oxygen atoms in total. The van der Waals surface area contributed by atoms with Gasteiger partial charge in [0.25, 0.3) is 6.43 Å². The van der Waals surface area contributed by atoms with Crippen molar-refractivity contribution in [3.05, 3.63) is 27.0 Å². The molecule has 0 aromatic carbocycles. The highest BCUT2D eigenvalue weighted by Gasteiger charge is 2.40. The monoisotopic (exact) mass is 347 g/mol. The van der Waals surface area contributed by atoms with Crippen LogP contribution in [0.5, 0.6) is 0 Å². The molecule has 0 aliphatic carbocycles. The van der Waals surface area contributed by atoms with Gasteiger partial charge in [0.1, 0.15) is 5.69 Å². The molecule has 1 rings (SSSR count). The van der Waals surface area contributed by atoms with Crippen LogP contribution < -0.4 is 0 Å². The number of nitrogens with zero attached hydrogens (tertiary/aromatic N) is 1. The fourth-order valence-corrected chi connectivity index (χ4v) is 2.29. The summed E-state index contributed by atoms with van der Waals surface area (Å²) in [4.78, 5) is 13.7. The molecule has 0 aliphatic heterocycles. The van der Waals surface area contributed by atoms with E-state index >= 15 is 0 Å². The van der Waals surface area contributed by atoms with Gasteiger partial charge in [0.05, 0.1) is 5.56 Å². The Kier molecular flexibility index (Phi) is 4.49. The van der Waals surface area contributed by atoms with Gasteiger partial charge in [0.15, 0.2) is 5.69 Å². The molecule has 1 aromatic heterocycles.